The Morgan fingerprint density at radius 1 is 0.306 bits per heavy atom. The molecule has 0 aliphatic rings. The van der Waals surface area contributed by atoms with Crippen molar-refractivity contribution in [3.63, 3.8) is 0 Å². The van der Waals surface area contributed by atoms with Gasteiger partial charge in [0.15, 0.2) is 16.6 Å². The Morgan fingerprint density at radius 2 is 0.490 bits per heavy atom. The van der Waals surface area contributed by atoms with Gasteiger partial charge >= 0.3 is 18.9 Å². The van der Waals surface area contributed by atoms with E-state index in [1.807, 2.05) is 0 Å². The van der Waals surface area contributed by atoms with E-state index >= 15 is 0 Å². The molecule has 0 radical (unpaired) electrons. The van der Waals surface area contributed by atoms with E-state index in [0.717, 1.165) is 38.1 Å². The van der Waals surface area contributed by atoms with Crippen LogP contribution in [0.25, 0.3) is 0 Å². The van der Waals surface area contributed by atoms with Crippen LogP contribution in [0.5, 0.6) is 0 Å². The van der Waals surface area contributed by atoms with E-state index in [2.05, 4.69) is 26.2 Å². The van der Waals surface area contributed by atoms with E-state index in [0.29, 0.717) is 132 Å². The normalized spacial score (nSPS) is 11.9. The molecule has 0 N–H and O–H groups in total. The number of ether oxygens (including phenoxy) is 12. The van der Waals surface area contributed by atoms with Crippen LogP contribution in [0, 0.1) is 0 Å². The Hall–Kier alpha value is 0.576. The van der Waals surface area contributed by atoms with Crippen LogP contribution in [0.2, 0.25) is 38.3 Å². The fourth-order valence-corrected chi connectivity index (χ4v) is 13.1. The molecule has 0 aliphatic heterocycles. The molecular weight excluding hydrogens is 666 g/mol. The number of hydrogen-bond acceptors (Lipinski definition) is 13. The van der Waals surface area contributed by atoms with Gasteiger partial charge in [-0.2, -0.15) is 0 Å². The summed E-state index contributed by atoms with van der Waals surface area (Å²) in [6, 6.07) is 2.18. The second-order valence-electron chi connectivity index (χ2n) is 11.9. The topological polar surface area (TPSA) is 120 Å². The Balaban J connectivity index is -0.0000106. The number of hydrogen-bond donors (Lipinski definition) is 0. The van der Waals surface area contributed by atoms with Gasteiger partial charge in [-0.15, -0.1) is 0 Å². The van der Waals surface area contributed by atoms with Crippen molar-refractivity contribution in [1.82, 2.24) is 0 Å². The summed E-state index contributed by atoms with van der Waals surface area (Å²) in [5.41, 5.74) is 0. The van der Waals surface area contributed by atoms with Crippen LogP contribution in [0.1, 0.15) is 12.8 Å². The maximum Gasteiger partial charge on any atom is 1.00 e. The molecule has 13 nitrogen and oxygen atoms in total. The van der Waals surface area contributed by atoms with Crippen molar-refractivity contribution in [1.29, 1.82) is 0 Å². The third-order valence-corrected chi connectivity index (χ3v) is 14.1. The first-order valence-electron chi connectivity index (χ1n) is 17.3. The number of rotatable bonds is 40. The van der Waals surface area contributed by atoms with Crippen molar-refractivity contribution in [2.75, 3.05) is 160 Å². The summed E-state index contributed by atoms with van der Waals surface area (Å²) in [5, 5.41) is 0. The zero-order chi connectivity index (χ0) is 34.6. The third kappa shape index (κ3) is 44.7. The van der Waals surface area contributed by atoms with Crippen LogP contribution in [0.4, 0.5) is 0 Å². The van der Waals surface area contributed by atoms with E-state index in [9.17, 15) is 0 Å². The molecule has 0 heterocycles. The summed E-state index contributed by atoms with van der Waals surface area (Å²) in [7, 11) is -0.174. The summed E-state index contributed by atoms with van der Waals surface area (Å²) in [4.78, 5) is 0. The van der Waals surface area contributed by atoms with Gasteiger partial charge in [0.2, 0.25) is 0 Å². The van der Waals surface area contributed by atoms with E-state index < -0.39 is 16.6 Å². The van der Waals surface area contributed by atoms with Crippen LogP contribution in [0.15, 0.2) is 0 Å². The average Bonchev–Trinajstić information content (AvgIpc) is 3.03. The molecule has 0 rings (SSSR count). The molecule has 0 bridgehead atoms. The quantitative estimate of drug-likeness (QED) is 0.0577. The van der Waals surface area contributed by atoms with E-state index in [-0.39, 0.29) is 27.3 Å². The molecule has 0 aromatic carbocycles. The van der Waals surface area contributed by atoms with Crippen LogP contribution in [0.3, 0.4) is 0 Å². The van der Waals surface area contributed by atoms with Gasteiger partial charge in [-0.3, -0.25) is 0 Å². The Labute approximate surface area is 314 Å². The minimum atomic E-state index is -1.74. The Morgan fingerprint density at radius 3 is 0.694 bits per heavy atom. The van der Waals surface area contributed by atoms with Gasteiger partial charge in [-0.1, -0.05) is 8.41 Å². The predicted octanol–water partition coefficient (Wildman–Crippen LogP) is -0.795. The van der Waals surface area contributed by atoms with Crippen molar-refractivity contribution in [3.8, 4) is 0 Å². The van der Waals surface area contributed by atoms with Gasteiger partial charge in [-0.05, 0) is 51.1 Å². The van der Waals surface area contributed by atoms with Crippen LogP contribution in [-0.4, -0.2) is 185 Å². The van der Waals surface area contributed by atoms with Gasteiger partial charge in [0.25, 0.3) is 0 Å². The van der Waals surface area contributed by atoms with Gasteiger partial charge in [0, 0.05) is 27.4 Å². The minimum absolute atomic E-state index is 0. The average molecular weight is 741 g/mol. The van der Waals surface area contributed by atoms with Crippen molar-refractivity contribution in [2.24, 2.45) is 0 Å². The predicted molar refractivity (Wildman–Crippen MR) is 198 cm³/mol. The fraction of sp³-hybridized carbons (Fsp3) is 1.00. The van der Waals surface area contributed by atoms with Crippen molar-refractivity contribution in [2.45, 2.75) is 51.1 Å². The minimum Gasteiger partial charge on any atom is -0.455 e. The van der Waals surface area contributed by atoms with Crippen LogP contribution < -0.4 is 18.9 Å². The van der Waals surface area contributed by atoms with Gasteiger partial charge < -0.3 is 61.0 Å². The molecule has 17 heteroatoms. The van der Waals surface area contributed by atoms with E-state index in [4.69, 9.17) is 61.0 Å². The largest absolute Gasteiger partial charge is 1.00 e. The first-order valence-corrected chi connectivity index (χ1v) is 23.5. The summed E-state index contributed by atoms with van der Waals surface area (Å²) >= 11 is 0. The van der Waals surface area contributed by atoms with Crippen molar-refractivity contribution in [3.05, 3.63) is 0 Å². The van der Waals surface area contributed by atoms with Crippen molar-refractivity contribution >= 4 is 25.0 Å². The molecule has 0 aromatic heterocycles. The van der Waals surface area contributed by atoms with E-state index in [1.165, 1.54) is 0 Å². The molecule has 0 spiro atoms. The maximum atomic E-state index is 6.74. The number of methoxy groups -OCH3 is 2. The first-order chi connectivity index (χ1) is 22.8. The third-order valence-electron chi connectivity index (χ3n) is 6.53. The summed E-state index contributed by atoms with van der Waals surface area (Å²) in [6.07, 6.45) is 2.02. The molecule has 0 saturated heterocycles. The second-order valence-corrected chi connectivity index (χ2v) is 20.8. The second kappa shape index (κ2) is 41.3. The Kier molecular flexibility index (Phi) is 45.5. The molecule has 0 aromatic rings. The zero-order valence-electron chi connectivity index (χ0n) is 31.7. The monoisotopic (exact) mass is 740 g/mol. The molecule has 49 heavy (non-hydrogen) atoms. The molecule has 292 valence electrons. The summed E-state index contributed by atoms with van der Waals surface area (Å²) < 4.78 is 71.8. The van der Waals surface area contributed by atoms with Crippen molar-refractivity contribution < 1.29 is 79.8 Å². The Bertz CT molecular complexity index is 586. The van der Waals surface area contributed by atoms with Crippen LogP contribution in [-0.2, 0) is 61.0 Å². The zero-order valence-corrected chi connectivity index (χ0v) is 33.7. The van der Waals surface area contributed by atoms with Crippen LogP contribution >= 0.6 is 0 Å². The summed E-state index contributed by atoms with van der Waals surface area (Å²) in [5.74, 6) is 0. The van der Waals surface area contributed by atoms with E-state index in [1.54, 1.807) is 14.2 Å². The fourth-order valence-electron chi connectivity index (χ4n) is 4.30. The molecule has 0 amide bonds. The maximum absolute atomic E-state index is 6.74. The van der Waals surface area contributed by atoms with Gasteiger partial charge in [0.05, 0.1) is 132 Å². The molecular formula is C32H74BLiO13Si2. The molecule has 0 unspecified atom stereocenters. The summed E-state index contributed by atoms with van der Waals surface area (Å²) in [6.45, 7) is 22.1. The van der Waals surface area contributed by atoms with Gasteiger partial charge in [-0.25, -0.2) is 0 Å². The molecule has 0 aliphatic carbocycles. The first kappa shape index (κ1) is 53.9. The standard InChI is InChI=1S/C32H70O13Si2.BH4.Li/c1-33-11-13-37-19-21-41-27-29-43-25-23-39-17-15-35-9-7-31-46(3,4)45-47(5,6)32-8-10-36-16-18-40-24-26-44-30-28-42-22-20-38-14-12-34-2;;/h7-32H2,1-6H3;1H4;/q;-1;+1. The van der Waals surface area contributed by atoms with Gasteiger partial charge in [0.1, 0.15) is 0 Å². The molecule has 0 atom stereocenters. The smallest absolute Gasteiger partial charge is 0.455 e. The SMILES string of the molecule is COCCOCCOCCOCCOCCOCCC[Si](C)(C)O[Si](C)(C)CCCOCCOCCOCCOCCOCCOC.[BH4-].[Li+]. The molecule has 0 saturated carbocycles. The molecule has 0 fully saturated rings.